The van der Waals surface area contributed by atoms with Gasteiger partial charge in [0.2, 0.25) is 0 Å². The number of aryl methyl sites for hydroxylation is 2. The zero-order valence-corrected chi connectivity index (χ0v) is 20.7. The molecule has 1 N–H and O–H groups in total. The second-order valence-electron chi connectivity index (χ2n) is 9.26. The second kappa shape index (κ2) is 9.41. The molecule has 5 rings (SSSR count). The van der Waals surface area contributed by atoms with Crippen molar-refractivity contribution >= 4 is 34.9 Å². The van der Waals surface area contributed by atoms with Crippen molar-refractivity contribution in [1.82, 2.24) is 4.90 Å². The molecular formula is C29H29N4O3+. The maximum atomic E-state index is 13.8. The molecule has 0 fully saturated rings. The number of hydrogen-bond acceptors (Lipinski definition) is 4. The highest BCUT2D eigenvalue weighted by Crippen LogP contribution is 2.35. The van der Waals surface area contributed by atoms with Crippen LogP contribution in [0.3, 0.4) is 0 Å². The van der Waals surface area contributed by atoms with Crippen LogP contribution in [0.5, 0.6) is 0 Å². The van der Waals surface area contributed by atoms with Gasteiger partial charge in [0.25, 0.3) is 5.91 Å². The van der Waals surface area contributed by atoms with Gasteiger partial charge in [-0.25, -0.2) is 4.79 Å². The lowest BCUT2D eigenvalue weighted by molar-refractivity contribution is -0.427. The second-order valence-corrected chi connectivity index (χ2v) is 9.26. The first-order valence-corrected chi connectivity index (χ1v) is 12.1. The monoisotopic (exact) mass is 481 g/mol. The SMILES string of the molecule is CCc1ccccc1NC(=O)C[N+]1=C2c3cc(C)ccc3N(C)C2C(=O)N(Cc2ccccc2)C1=O. The Morgan fingerprint density at radius 1 is 1.00 bits per heavy atom. The molecule has 1 atom stereocenters. The summed E-state index contributed by atoms with van der Waals surface area (Å²) in [6.45, 7) is 3.95. The molecule has 2 aliphatic heterocycles. The smallest absolute Gasteiger partial charge is 0.354 e. The summed E-state index contributed by atoms with van der Waals surface area (Å²) in [6, 6.07) is 21.8. The number of nitrogens with zero attached hydrogens (tertiary/aromatic N) is 3. The van der Waals surface area contributed by atoms with E-state index in [4.69, 9.17) is 0 Å². The van der Waals surface area contributed by atoms with Crippen LogP contribution in [0.4, 0.5) is 16.2 Å². The predicted octanol–water partition coefficient (Wildman–Crippen LogP) is 3.98. The number of imide groups is 1. The quantitative estimate of drug-likeness (QED) is 0.541. The number of fused-ring (bicyclic) bond motifs is 3. The van der Waals surface area contributed by atoms with Crippen LogP contribution in [-0.4, -0.2) is 52.7 Å². The van der Waals surface area contributed by atoms with Gasteiger partial charge in [0, 0.05) is 24.0 Å². The number of amides is 4. The van der Waals surface area contributed by atoms with E-state index in [0.29, 0.717) is 5.71 Å². The molecule has 4 amide bonds. The number of rotatable bonds is 6. The average Bonchev–Trinajstić information content (AvgIpc) is 3.16. The molecule has 0 bridgehead atoms. The number of carbonyl (C=O) groups is 3. The first kappa shape index (κ1) is 23.5. The summed E-state index contributed by atoms with van der Waals surface area (Å²) in [4.78, 5) is 43.9. The zero-order chi connectivity index (χ0) is 25.4. The van der Waals surface area contributed by atoms with Crippen LogP contribution >= 0.6 is 0 Å². The molecular weight excluding hydrogens is 452 g/mol. The van der Waals surface area contributed by atoms with E-state index in [0.717, 1.165) is 40.0 Å². The first-order chi connectivity index (χ1) is 17.4. The van der Waals surface area contributed by atoms with Gasteiger partial charge in [0.1, 0.15) is 6.54 Å². The number of nitrogens with one attached hydrogen (secondary N) is 1. The lowest BCUT2D eigenvalue weighted by Crippen LogP contribution is -2.60. The van der Waals surface area contributed by atoms with Crippen molar-refractivity contribution in [1.29, 1.82) is 0 Å². The number of likely N-dealkylation sites (N-methyl/N-ethyl adjacent to an activating group) is 1. The van der Waals surface area contributed by atoms with E-state index in [1.807, 2.05) is 98.6 Å². The Bertz CT molecular complexity index is 1400. The Hall–Kier alpha value is -4.26. The Morgan fingerprint density at radius 2 is 1.72 bits per heavy atom. The maximum absolute atomic E-state index is 13.8. The molecule has 0 aromatic heterocycles. The van der Waals surface area contributed by atoms with E-state index in [-0.39, 0.29) is 24.9 Å². The van der Waals surface area contributed by atoms with Gasteiger partial charge >= 0.3 is 11.9 Å². The van der Waals surface area contributed by atoms with Gasteiger partial charge in [-0.05, 0) is 42.7 Å². The highest BCUT2D eigenvalue weighted by Gasteiger charge is 2.54. The van der Waals surface area contributed by atoms with Crippen LogP contribution in [0.25, 0.3) is 0 Å². The van der Waals surface area contributed by atoms with Gasteiger partial charge in [-0.15, -0.1) is 0 Å². The van der Waals surface area contributed by atoms with Gasteiger partial charge < -0.3 is 10.2 Å². The number of hydrogen-bond donors (Lipinski definition) is 1. The number of para-hydroxylation sites is 1. The third kappa shape index (κ3) is 4.06. The highest BCUT2D eigenvalue weighted by atomic mass is 16.2. The van der Waals surface area contributed by atoms with Crippen molar-refractivity contribution in [3.05, 3.63) is 95.1 Å². The third-order valence-corrected chi connectivity index (χ3v) is 6.86. The summed E-state index contributed by atoms with van der Waals surface area (Å²) < 4.78 is 1.47. The van der Waals surface area contributed by atoms with Gasteiger partial charge in [-0.3, -0.25) is 4.79 Å². The van der Waals surface area contributed by atoms with Crippen LogP contribution in [0, 0.1) is 6.92 Å². The fourth-order valence-electron chi connectivity index (χ4n) is 5.05. The number of anilines is 2. The molecule has 0 saturated carbocycles. The van der Waals surface area contributed by atoms with Crippen LogP contribution in [0.15, 0.2) is 72.8 Å². The van der Waals surface area contributed by atoms with Crippen molar-refractivity contribution in [2.45, 2.75) is 32.9 Å². The van der Waals surface area contributed by atoms with E-state index in [9.17, 15) is 14.4 Å². The Balaban J connectivity index is 1.56. The first-order valence-electron chi connectivity index (χ1n) is 12.1. The van der Waals surface area contributed by atoms with E-state index >= 15 is 0 Å². The molecule has 2 aliphatic rings. The Labute approximate surface area is 210 Å². The van der Waals surface area contributed by atoms with Crippen molar-refractivity contribution in [3.63, 3.8) is 0 Å². The predicted molar refractivity (Wildman–Crippen MR) is 139 cm³/mol. The standard InChI is InChI=1S/C29H28N4O3/c1-4-21-12-8-9-13-23(21)30-25(34)18-32-26-22-16-19(2)14-15-24(22)31(3)27(26)28(35)33(29(32)36)17-20-10-6-5-7-11-20/h5-16,27H,4,17-18H2,1-3H3/p+1. The molecule has 2 heterocycles. The van der Waals surface area contributed by atoms with Crippen molar-refractivity contribution in [3.8, 4) is 0 Å². The van der Waals surface area contributed by atoms with E-state index in [2.05, 4.69) is 5.32 Å². The number of carbonyl (C=O) groups excluding carboxylic acids is 3. The van der Waals surface area contributed by atoms with E-state index in [1.165, 1.54) is 9.48 Å². The topological polar surface area (TPSA) is 72.7 Å². The third-order valence-electron chi connectivity index (χ3n) is 6.86. The lowest BCUT2D eigenvalue weighted by Gasteiger charge is -2.28. The van der Waals surface area contributed by atoms with E-state index < -0.39 is 12.1 Å². The maximum Gasteiger partial charge on any atom is 0.501 e. The van der Waals surface area contributed by atoms with Crippen molar-refractivity contribution in [2.75, 3.05) is 23.8 Å². The molecule has 3 aromatic carbocycles. The van der Waals surface area contributed by atoms with Gasteiger partial charge in [-0.1, -0.05) is 67.1 Å². The molecule has 0 saturated heterocycles. The number of urea groups is 1. The van der Waals surface area contributed by atoms with Crippen LogP contribution in [0.1, 0.15) is 29.2 Å². The summed E-state index contributed by atoms with van der Waals surface area (Å²) in [5.41, 5.74) is 5.85. The summed E-state index contributed by atoms with van der Waals surface area (Å²) >= 11 is 0. The molecule has 0 spiro atoms. The fraction of sp³-hybridized carbons (Fsp3) is 0.241. The molecule has 36 heavy (non-hydrogen) atoms. The van der Waals surface area contributed by atoms with Crippen LogP contribution in [0.2, 0.25) is 0 Å². The molecule has 7 heteroatoms. The Kier molecular flexibility index (Phi) is 6.14. The summed E-state index contributed by atoms with van der Waals surface area (Å²) in [6.07, 6.45) is 0.773. The fourth-order valence-corrected chi connectivity index (χ4v) is 5.05. The lowest BCUT2D eigenvalue weighted by atomic mass is 10.0. The molecule has 3 aromatic rings. The van der Waals surface area contributed by atoms with Crippen molar-refractivity contribution in [2.24, 2.45) is 0 Å². The molecule has 1 unspecified atom stereocenters. The normalized spacial score (nSPS) is 16.8. The molecule has 0 aliphatic carbocycles. The minimum atomic E-state index is -0.682. The van der Waals surface area contributed by atoms with E-state index in [1.54, 1.807) is 0 Å². The van der Waals surface area contributed by atoms with Crippen molar-refractivity contribution < 1.29 is 19.0 Å². The van der Waals surface area contributed by atoms with Gasteiger partial charge in [0.15, 0.2) is 18.3 Å². The molecule has 7 nitrogen and oxygen atoms in total. The zero-order valence-electron chi connectivity index (χ0n) is 20.7. The number of benzene rings is 3. The molecule has 182 valence electrons. The summed E-state index contributed by atoms with van der Waals surface area (Å²) in [5.74, 6) is -0.601. The summed E-state index contributed by atoms with van der Waals surface area (Å²) in [5, 5.41) is 2.97. The largest absolute Gasteiger partial charge is 0.501 e. The van der Waals surface area contributed by atoms with Crippen LogP contribution in [-0.2, 0) is 22.6 Å². The summed E-state index contributed by atoms with van der Waals surface area (Å²) in [7, 11) is 1.86. The Morgan fingerprint density at radius 3 is 2.47 bits per heavy atom. The average molecular weight is 482 g/mol. The minimum absolute atomic E-state index is 0.141. The van der Waals surface area contributed by atoms with Crippen LogP contribution < -0.4 is 10.2 Å². The highest BCUT2D eigenvalue weighted by molar-refractivity contribution is 6.26. The molecule has 0 radical (unpaired) electrons. The van der Waals surface area contributed by atoms with Gasteiger partial charge in [0.05, 0.1) is 0 Å². The van der Waals surface area contributed by atoms with Gasteiger partial charge in [-0.2, -0.15) is 14.3 Å². The minimum Gasteiger partial charge on any atom is -0.354 e.